The molecule has 0 aromatic carbocycles. The Hall–Kier alpha value is -0.850. The minimum absolute atomic E-state index is 0.00453. The van der Waals surface area contributed by atoms with Crippen molar-refractivity contribution in [1.82, 2.24) is 4.98 Å². The number of hydrogen-bond acceptors (Lipinski definition) is 5. The van der Waals surface area contributed by atoms with E-state index in [9.17, 15) is 10.2 Å². The first-order valence-electron chi connectivity index (χ1n) is 5.43. The van der Waals surface area contributed by atoms with Gasteiger partial charge in [-0.25, -0.2) is 4.98 Å². The maximum absolute atomic E-state index is 9.48. The number of aliphatic hydroxyl groups is 2. The highest BCUT2D eigenvalue weighted by Gasteiger charge is 2.38. The Balaban J connectivity index is 2.46. The number of nitrogens with one attached hydrogen (secondary N) is 1. The quantitative estimate of drug-likeness (QED) is 0.731. The third-order valence-corrected chi connectivity index (χ3v) is 3.39. The molecule has 0 amide bonds. The Kier molecular flexibility index (Phi) is 3.29. The molecule has 17 heavy (non-hydrogen) atoms. The summed E-state index contributed by atoms with van der Waals surface area (Å²) >= 11 is 3.33. The van der Waals surface area contributed by atoms with Crippen LogP contribution in [-0.2, 0) is 0 Å². The van der Waals surface area contributed by atoms with Crippen LogP contribution < -0.4 is 10.2 Å². The van der Waals surface area contributed by atoms with E-state index < -0.39 is 5.54 Å². The number of fused-ring (bicyclic) bond motifs is 1. The zero-order valence-corrected chi connectivity index (χ0v) is 11.4. The summed E-state index contributed by atoms with van der Waals surface area (Å²) in [5, 5.41) is 22.1. The summed E-state index contributed by atoms with van der Waals surface area (Å²) in [5.41, 5.74) is 1.35. The van der Waals surface area contributed by atoms with Crippen LogP contribution in [0.3, 0.4) is 0 Å². The maximum atomic E-state index is 9.48. The van der Waals surface area contributed by atoms with E-state index in [1.165, 1.54) is 0 Å². The molecule has 1 aliphatic heterocycles. The third-order valence-electron chi connectivity index (χ3n) is 2.95. The van der Waals surface area contributed by atoms with Crippen molar-refractivity contribution in [3.63, 3.8) is 0 Å². The van der Waals surface area contributed by atoms with E-state index in [2.05, 4.69) is 26.2 Å². The summed E-state index contributed by atoms with van der Waals surface area (Å²) in [4.78, 5) is 6.13. The van der Waals surface area contributed by atoms with Gasteiger partial charge < -0.3 is 20.4 Å². The van der Waals surface area contributed by atoms with E-state index in [4.69, 9.17) is 0 Å². The first-order valence-corrected chi connectivity index (χ1v) is 6.22. The smallest absolute Gasteiger partial charge is 0.123 e. The molecule has 1 aromatic heterocycles. The molecule has 1 aliphatic rings. The Morgan fingerprint density at radius 3 is 2.82 bits per heavy atom. The van der Waals surface area contributed by atoms with Crippen molar-refractivity contribution < 1.29 is 10.2 Å². The van der Waals surface area contributed by atoms with E-state index in [1.54, 1.807) is 6.20 Å². The van der Waals surface area contributed by atoms with Gasteiger partial charge in [-0.05, 0) is 35.8 Å². The van der Waals surface area contributed by atoms with Gasteiger partial charge in [-0.15, -0.1) is 0 Å². The number of rotatable bonds is 3. The second kappa shape index (κ2) is 4.44. The van der Waals surface area contributed by atoms with Crippen LogP contribution in [0, 0.1) is 0 Å². The lowest BCUT2D eigenvalue weighted by atomic mass is 10.0. The molecular weight excluding hydrogens is 286 g/mol. The van der Waals surface area contributed by atoms with Crippen molar-refractivity contribution >= 4 is 27.3 Å². The Morgan fingerprint density at radius 2 is 2.24 bits per heavy atom. The highest BCUT2D eigenvalue weighted by molar-refractivity contribution is 9.10. The maximum Gasteiger partial charge on any atom is 0.123 e. The van der Waals surface area contributed by atoms with Crippen molar-refractivity contribution in [2.45, 2.75) is 25.6 Å². The molecule has 0 saturated carbocycles. The second-order valence-electron chi connectivity index (χ2n) is 4.71. The lowest BCUT2D eigenvalue weighted by molar-refractivity contribution is 0.190. The summed E-state index contributed by atoms with van der Waals surface area (Å²) in [5.74, 6) is 0. The molecule has 1 atom stereocenters. The summed E-state index contributed by atoms with van der Waals surface area (Å²) in [7, 11) is 0. The summed E-state index contributed by atoms with van der Waals surface area (Å²) in [6.07, 6.45) is 1.48. The molecule has 2 rings (SSSR count). The van der Waals surface area contributed by atoms with Crippen LogP contribution in [-0.4, -0.2) is 40.1 Å². The highest BCUT2D eigenvalue weighted by atomic mass is 79.9. The zero-order chi connectivity index (χ0) is 12.6. The van der Waals surface area contributed by atoms with E-state index >= 15 is 0 Å². The van der Waals surface area contributed by atoms with Gasteiger partial charge in [-0.2, -0.15) is 0 Å². The molecule has 0 bridgehead atoms. The molecule has 6 heteroatoms. The molecule has 94 valence electrons. The summed E-state index contributed by atoms with van der Waals surface area (Å²) in [6.45, 7) is 3.84. The number of nitrogens with zero attached hydrogens (tertiary/aromatic N) is 2. The average molecular weight is 302 g/mol. The topological polar surface area (TPSA) is 68.6 Å². The number of anilines is 2. The molecule has 0 radical (unpaired) electrons. The van der Waals surface area contributed by atoms with Crippen LogP contribution >= 0.6 is 15.9 Å². The minimum Gasteiger partial charge on any atom is -0.394 e. The summed E-state index contributed by atoms with van der Waals surface area (Å²) < 4.78 is 0.732. The van der Waals surface area contributed by atoms with Crippen molar-refractivity contribution in [2.75, 3.05) is 23.4 Å². The fourth-order valence-electron chi connectivity index (χ4n) is 2.09. The monoisotopic (exact) mass is 301 g/mol. The van der Waals surface area contributed by atoms with Gasteiger partial charge in [0, 0.05) is 0 Å². The highest BCUT2D eigenvalue weighted by Crippen LogP contribution is 2.39. The molecule has 5 nitrogen and oxygen atoms in total. The van der Waals surface area contributed by atoms with Crippen LogP contribution in [0.4, 0.5) is 11.4 Å². The predicted molar refractivity (Wildman–Crippen MR) is 70.1 cm³/mol. The number of aliphatic hydroxyl groups excluding tert-OH is 2. The van der Waals surface area contributed by atoms with Crippen molar-refractivity contribution in [3.8, 4) is 0 Å². The first kappa shape index (κ1) is 12.6. The molecule has 0 aliphatic carbocycles. The van der Waals surface area contributed by atoms with Gasteiger partial charge in [0.1, 0.15) is 10.8 Å². The molecule has 1 unspecified atom stereocenters. The molecule has 1 aromatic rings. The molecule has 0 fully saturated rings. The van der Waals surface area contributed by atoms with Gasteiger partial charge in [0.05, 0.1) is 36.3 Å². The standard InChI is InChI=1S/C11H16BrN3O2/c1-11(2,6-17)15-8-3-9(12)13-4-7(8)14-10(15)5-16/h3-4,10,14,16-17H,5-6H2,1-2H3. The Labute approximate surface area is 109 Å². The Morgan fingerprint density at radius 1 is 1.53 bits per heavy atom. The lowest BCUT2D eigenvalue weighted by Gasteiger charge is -2.39. The van der Waals surface area contributed by atoms with Gasteiger partial charge in [-0.1, -0.05) is 0 Å². The average Bonchev–Trinajstić information content (AvgIpc) is 2.67. The molecule has 3 N–H and O–H groups in total. The number of halogens is 1. The lowest BCUT2D eigenvalue weighted by Crippen LogP contribution is -2.53. The van der Waals surface area contributed by atoms with Crippen LogP contribution in [0.5, 0.6) is 0 Å². The number of aromatic nitrogens is 1. The Bertz CT molecular complexity index is 425. The normalized spacial score (nSPS) is 19.1. The van der Waals surface area contributed by atoms with Crippen LogP contribution in [0.1, 0.15) is 13.8 Å². The van der Waals surface area contributed by atoms with Crippen LogP contribution in [0.15, 0.2) is 16.9 Å². The number of hydrogen-bond donors (Lipinski definition) is 3. The van der Waals surface area contributed by atoms with Gasteiger partial charge in [0.25, 0.3) is 0 Å². The first-order chi connectivity index (χ1) is 7.99. The van der Waals surface area contributed by atoms with Crippen LogP contribution in [0.2, 0.25) is 0 Å². The zero-order valence-electron chi connectivity index (χ0n) is 9.81. The van der Waals surface area contributed by atoms with Crippen LogP contribution in [0.25, 0.3) is 0 Å². The fraction of sp³-hybridized carbons (Fsp3) is 0.545. The van der Waals surface area contributed by atoms with Crippen molar-refractivity contribution in [2.24, 2.45) is 0 Å². The minimum atomic E-state index is -0.452. The summed E-state index contributed by atoms with van der Waals surface area (Å²) in [6, 6.07) is 1.88. The van der Waals surface area contributed by atoms with E-state index in [0.717, 1.165) is 16.0 Å². The van der Waals surface area contributed by atoms with Crippen molar-refractivity contribution in [3.05, 3.63) is 16.9 Å². The van der Waals surface area contributed by atoms with E-state index in [1.807, 2.05) is 24.8 Å². The second-order valence-corrected chi connectivity index (χ2v) is 5.52. The number of pyridine rings is 1. The van der Waals surface area contributed by atoms with E-state index in [0.29, 0.717) is 0 Å². The third kappa shape index (κ3) is 2.12. The molecule has 2 heterocycles. The van der Waals surface area contributed by atoms with Gasteiger partial charge >= 0.3 is 0 Å². The van der Waals surface area contributed by atoms with Crippen molar-refractivity contribution in [1.29, 1.82) is 0 Å². The van der Waals surface area contributed by atoms with E-state index in [-0.39, 0.29) is 19.4 Å². The van der Waals surface area contributed by atoms with Gasteiger partial charge in [-0.3, -0.25) is 0 Å². The SMILES string of the molecule is CC(C)(CO)N1c2cc(Br)ncc2NC1CO. The molecule has 0 spiro atoms. The largest absolute Gasteiger partial charge is 0.394 e. The van der Waals surface area contributed by atoms with Gasteiger partial charge in [0.2, 0.25) is 0 Å². The van der Waals surface area contributed by atoms with Gasteiger partial charge in [0.15, 0.2) is 0 Å². The molecule has 0 saturated heterocycles. The fourth-order valence-corrected chi connectivity index (χ4v) is 2.41. The predicted octanol–water partition coefficient (Wildman–Crippen LogP) is 1.17. The molecular formula is C11H16BrN3O2.